The third-order valence-electron chi connectivity index (χ3n) is 6.03. The molecule has 1 fully saturated rings. The van der Waals surface area contributed by atoms with Gasteiger partial charge in [-0.05, 0) is 55.0 Å². The number of carbonyl (C=O) groups is 1. The van der Waals surface area contributed by atoms with Crippen LogP contribution in [0.3, 0.4) is 0 Å². The Morgan fingerprint density at radius 3 is 2.25 bits per heavy atom. The van der Waals surface area contributed by atoms with Gasteiger partial charge in [0, 0.05) is 44.0 Å². The van der Waals surface area contributed by atoms with Crippen molar-refractivity contribution in [1.82, 2.24) is 9.21 Å². The second-order valence-electron chi connectivity index (χ2n) is 8.73. The van der Waals surface area contributed by atoms with E-state index in [0.29, 0.717) is 38.3 Å². The molecule has 0 radical (unpaired) electrons. The summed E-state index contributed by atoms with van der Waals surface area (Å²) in [7, 11) is -3.55. The number of benzene rings is 3. The highest BCUT2D eigenvalue weighted by molar-refractivity contribution is 7.89. The first kappa shape index (κ1) is 25.9. The molecule has 1 heterocycles. The van der Waals surface area contributed by atoms with Gasteiger partial charge in [0.1, 0.15) is 0 Å². The summed E-state index contributed by atoms with van der Waals surface area (Å²) in [5.74, 6) is -0.509. The highest BCUT2D eigenvalue weighted by atomic mass is 32.2. The lowest BCUT2D eigenvalue weighted by molar-refractivity contribution is -0.137. The van der Waals surface area contributed by atoms with E-state index in [1.807, 2.05) is 13.0 Å². The Kier molecular flexibility index (Phi) is 7.49. The van der Waals surface area contributed by atoms with Gasteiger partial charge in [-0.1, -0.05) is 35.9 Å². The Hall–Kier alpha value is -3.21. The van der Waals surface area contributed by atoms with E-state index in [4.69, 9.17) is 0 Å². The fourth-order valence-electron chi connectivity index (χ4n) is 4.03. The van der Waals surface area contributed by atoms with Crippen molar-refractivity contribution in [3.05, 3.63) is 95.1 Å². The zero-order valence-corrected chi connectivity index (χ0v) is 20.4. The number of halogens is 3. The van der Waals surface area contributed by atoms with Gasteiger partial charge in [-0.2, -0.15) is 17.5 Å². The summed E-state index contributed by atoms with van der Waals surface area (Å²) in [5, 5.41) is 2.52. The van der Waals surface area contributed by atoms with E-state index in [2.05, 4.69) is 10.2 Å². The van der Waals surface area contributed by atoms with Crippen LogP contribution < -0.4 is 5.32 Å². The lowest BCUT2D eigenvalue weighted by Crippen LogP contribution is -2.48. The van der Waals surface area contributed by atoms with Gasteiger partial charge < -0.3 is 5.32 Å². The number of rotatable bonds is 6. The maximum atomic E-state index is 12.9. The molecule has 0 spiro atoms. The summed E-state index contributed by atoms with van der Waals surface area (Å²) in [4.78, 5) is 15.0. The zero-order chi connectivity index (χ0) is 25.9. The molecule has 1 aliphatic heterocycles. The minimum Gasteiger partial charge on any atom is -0.322 e. The molecule has 4 rings (SSSR count). The van der Waals surface area contributed by atoms with Crippen molar-refractivity contribution in [2.45, 2.75) is 24.5 Å². The van der Waals surface area contributed by atoms with Crippen LogP contribution in [0.25, 0.3) is 0 Å². The summed E-state index contributed by atoms with van der Waals surface area (Å²) in [6.07, 6.45) is -4.50. The third-order valence-corrected chi connectivity index (χ3v) is 7.95. The molecule has 190 valence electrons. The molecule has 0 atom stereocenters. The minimum atomic E-state index is -4.50. The molecule has 1 aliphatic rings. The molecule has 0 bridgehead atoms. The SMILES string of the molecule is Cc1ccc(S(=O)(=O)N2CCN(Cc3cccc(C(=O)Nc4cccc(C(F)(F)F)c4)c3)CC2)cc1. The maximum absolute atomic E-state index is 12.9. The maximum Gasteiger partial charge on any atom is 0.416 e. The van der Waals surface area contributed by atoms with Gasteiger partial charge >= 0.3 is 6.18 Å². The molecule has 10 heteroatoms. The molecule has 1 amide bonds. The van der Waals surface area contributed by atoms with Crippen molar-refractivity contribution < 1.29 is 26.4 Å². The molecular weight excluding hydrogens is 491 g/mol. The lowest BCUT2D eigenvalue weighted by Gasteiger charge is -2.34. The lowest BCUT2D eigenvalue weighted by atomic mass is 10.1. The van der Waals surface area contributed by atoms with E-state index in [1.165, 1.54) is 16.4 Å². The average molecular weight is 518 g/mol. The molecule has 3 aromatic carbocycles. The molecule has 1 N–H and O–H groups in total. The van der Waals surface area contributed by atoms with E-state index in [0.717, 1.165) is 23.3 Å². The van der Waals surface area contributed by atoms with Gasteiger partial charge in [0.2, 0.25) is 10.0 Å². The number of hydrogen-bond donors (Lipinski definition) is 1. The first-order chi connectivity index (χ1) is 17.0. The van der Waals surface area contributed by atoms with Crippen LogP contribution >= 0.6 is 0 Å². The Bertz CT molecular complexity index is 1330. The monoisotopic (exact) mass is 517 g/mol. The summed E-state index contributed by atoms with van der Waals surface area (Å²) < 4.78 is 66.1. The van der Waals surface area contributed by atoms with Crippen LogP contribution in [0, 0.1) is 6.92 Å². The standard InChI is InChI=1S/C26H26F3N3O3S/c1-19-8-10-24(11-9-19)36(34,35)32-14-12-31(13-15-32)18-20-4-2-5-21(16-20)25(33)30-23-7-3-6-22(17-23)26(27,28)29/h2-11,16-17H,12-15,18H2,1H3,(H,30,33). The fourth-order valence-corrected chi connectivity index (χ4v) is 5.46. The zero-order valence-electron chi connectivity index (χ0n) is 19.6. The molecule has 1 saturated heterocycles. The quantitative estimate of drug-likeness (QED) is 0.511. The number of nitrogens with one attached hydrogen (secondary N) is 1. The minimum absolute atomic E-state index is 0.0612. The number of sulfonamides is 1. The Balaban J connectivity index is 1.36. The average Bonchev–Trinajstić information content (AvgIpc) is 2.84. The normalized spacial score (nSPS) is 15.6. The van der Waals surface area contributed by atoms with Crippen molar-refractivity contribution in [2.24, 2.45) is 0 Å². The highest BCUT2D eigenvalue weighted by Crippen LogP contribution is 2.30. The Morgan fingerprint density at radius 1 is 0.917 bits per heavy atom. The first-order valence-corrected chi connectivity index (χ1v) is 12.8. The van der Waals surface area contributed by atoms with Crippen molar-refractivity contribution in [2.75, 3.05) is 31.5 Å². The molecular formula is C26H26F3N3O3S. The number of nitrogens with zero attached hydrogens (tertiary/aromatic N) is 2. The molecule has 36 heavy (non-hydrogen) atoms. The van der Waals surface area contributed by atoms with Gasteiger partial charge in [0.05, 0.1) is 10.5 Å². The Labute approximate surface area is 208 Å². The number of aryl methyl sites for hydroxylation is 1. The molecule has 0 aromatic heterocycles. The van der Waals surface area contributed by atoms with Gasteiger partial charge in [0.15, 0.2) is 0 Å². The van der Waals surface area contributed by atoms with E-state index < -0.39 is 27.7 Å². The van der Waals surface area contributed by atoms with Crippen LogP contribution in [0.15, 0.2) is 77.7 Å². The summed E-state index contributed by atoms with van der Waals surface area (Å²) in [6.45, 7) is 4.19. The number of anilines is 1. The Morgan fingerprint density at radius 2 is 1.58 bits per heavy atom. The van der Waals surface area contributed by atoms with Gasteiger partial charge in [0.25, 0.3) is 5.91 Å². The van der Waals surface area contributed by atoms with Crippen molar-refractivity contribution in [1.29, 1.82) is 0 Å². The second kappa shape index (κ2) is 10.4. The topological polar surface area (TPSA) is 69.7 Å². The van der Waals surface area contributed by atoms with Crippen LogP contribution in [-0.4, -0.2) is 49.7 Å². The van der Waals surface area contributed by atoms with Crippen LogP contribution in [0.1, 0.15) is 27.0 Å². The van der Waals surface area contributed by atoms with Gasteiger partial charge in [-0.15, -0.1) is 0 Å². The summed E-state index contributed by atoms with van der Waals surface area (Å²) in [6, 6.07) is 18.1. The van der Waals surface area contributed by atoms with Crippen LogP contribution in [0.5, 0.6) is 0 Å². The molecule has 0 aliphatic carbocycles. The number of hydrogen-bond acceptors (Lipinski definition) is 4. The molecule has 3 aromatic rings. The van der Waals surface area contributed by atoms with Gasteiger partial charge in [-0.25, -0.2) is 8.42 Å². The summed E-state index contributed by atoms with van der Waals surface area (Å²) >= 11 is 0. The van der Waals surface area contributed by atoms with Crippen molar-refractivity contribution in [3.8, 4) is 0 Å². The predicted octanol–water partition coefficient (Wildman–Crippen LogP) is 4.77. The first-order valence-electron chi connectivity index (χ1n) is 11.4. The third kappa shape index (κ3) is 6.13. The van der Waals surface area contributed by atoms with Crippen LogP contribution in [-0.2, 0) is 22.7 Å². The molecule has 0 unspecified atom stereocenters. The van der Waals surface area contributed by atoms with E-state index in [1.54, 1.807) is 42.5 Å². The molecule has 0 saturated carbocycles. The second-order valence-corrected chi connectivity index (χ2v) is 10.7. The number of amides is 1. The summed E-state index contributed by atoms with van der Waals surface area (Å²) in [5.41, 5.74) is 1.39. The van der Waals surface area contributed by atoms with Crippen molar-refractivity contribution >= 4 is 21.6 Å². The molecule has 6 nitrogen and oxygen atoms in total. The van der Waals surface area contributed by atoms with Crippen molar-refractivity contribution in [3.63, 3.8) is 0 Å². The van der Waals surface area contributed by atoms with E-state index in [9.17, 15) is 26.4 Å². The number of piperazine rings is 1. The van der Waals surface area contributed by atoms with Crippen LogP contribution in [0.2, 0.25) is 0 Å². The largest absolute Gasteiger partial charge is 0.416 e. The van der Waals surface area contributed by atoms with Gasteiger partial charge in [-0.3, -0.25) is 9.69 Å². The highest BCUT2D eigenvalue weighted by Gasteiger charge is 2.31. The fraction of sp³-hybridized carbons (Fsp3) is 0.269. The number of carbonyl (C=O) groups excluding carboxylic acids is 1. The predicted molar refractivity (Wildman–Crippen MR) is 131 cm³/mol. The van der Waals surface area contributed by atoms with Crippen LogP contribution in [0.4, 0.5) is 18.9 Å². The van der Waals surface area contributed by atoms with E-state index in [-0.39, 0.29) is 10.6 Å². The number of alkyl halides is 3. The van der Waals surface area contributed by atoms with E-state index >= 15 is 0 Å². The smallest absolute Gasteiger partial charge is 0.322 e.